The lowest BCUT2D eigenvalue weighted by molar-refractivity contribution is -0.187. The highest BCUT2D eigenvalue weighted by atomic mass is 35.5. The zero-order valence-corrected chi connectivity index (χ0v) is 12.0. The molecule has 0 aromatic heterocycles. The molecule has 2 atom stereocenters. The molecule has 0 heterocycles. The minimum Gasteiger partial charge on any atom is -0.398 e. The largest absolute Gasteiger partial charge is 0.398 e. The van der Waals surface area contributed by atoms with Gasteiger partial charge in [0.15, 0.2) is 0 Å². The van der Waals surface area contributed by atoms with E-state index in [1.54, 1.807) is 0 Å². The third-order valence-electron chi connectivity index (χ3n) is 3.76. The number of carbonyl (C=O) groups is 1. The van der Waals surface area contributed by atoms with Gasteiger partial charge in [-0.25, -0.2) is 0 Å². The van der Waals surface area contributed by atoms with Crippen LogP contribution in [0, 0.1) is 5.92 Å². The number of halogens is 4. The normalized spacial score (nSPS) is 22.9. The first-order chi connectivity index (χ1) is 9.79. The molecule has 3 N–H and O–H groups in total. The number of carbonyl (C=O) groups excluding carboxylic acids is 1. The van der Waals surface area contributed by atoms with Crippen molar-refractivity contribution in [2.45, 2.75) is 37.9 Å². The molecule has 1 aliphatic rings. The zero-order valence-electron chi connectivity index (χ0n) is 11.2. The van der Waals surface area contributed by atoms with Crippen LogP contribution in [-0.2, 0) is 0 Å². The molecule has 1 amide bonds. The molecule has 0 aliphatic heterocycles. The van der Waals surface area contributed by atoms with E-state index in [0.717, 1.165) is 0 Å². The van der Waals surface area contributed by atoms with E-state index in [2.05, 4.69) is 5.32 Å². The number of hydrogen-bond donors (Lipinski definition) is 2. The van der Waals surface area contributed by atoms with Gasteiger partial charge in [0, 0.05) is 11.6 Å². The summed E-state index contributed by atoms with van der Waals surface area (Å²) in [6.45, 7) is 0. The summed E-state index contributed by atoms with van der Waals surface area (Å²) in [5.41, 5.74) is 6.03. The maximum atomic E-state index is 13.0. The SMILES string of the molecule is Nc1cc(C(=O)NC2CCCCC2C(F)(F)F)ccc1Cl. The van der Waals surface area contributed by atoms with E-state index in [4.69, 9.17) is 17.3 Å². The maximum Gasteiger partial charge on any atom is 0.393 e. The van der Waals surface area contributed by atoms with Crippen LogP contribution in [0.4, 0.5) is 18.9 Å². The second-order valence-electron chi connectivity index (χ2n) is 5.25. The molecule has 3 nitrogen and oxygen atoms in total. The quantitative estimate of drug-likeness (QED) is 0.815. The van der Waals surface area contributed by atoms with E-state index >= 15 is 0 Å². The number of nitrogen functional groups attached to an aromatic ring is 1. The predicted molar refractivity (Wildman–Crippen MR) is 75.1 cm³/mol. The van der Waals surface area contributed by atoms with E-state index < -0.39 is 24.0 Å². The lowest BCUT2D eigenvalue weighted by Gasteiger charge is -2.33. The van der Waals surface area contributed by atoms with Crippen LogP contribution in [0.3, 0.4) is 0 Å². The van der Waals surface area contributed by atoms with Crippen LogP contribution >= 0.6 is 11.6 Å². The topological polar surface area (TPSA) is 55.1 Å². The molecule has 2 unspecified atom stereocenters. The van der Waals surface area contributed by atoms with Crippen molar-refractivity contribution in [1.82, 2.24) is 5.32 Å². The first-order valence-electron chi connectivity index (χ1n) is 6.71. The summed E-state index contributed by atoms with van der Waals surface area (Å²) in [5, 5.41) is 2.78. The minimum atomic E-state index is -4.29. The molecule has 1 aromatic carbocycles. The number of alkyl halides is 3. The summed E-state index contributed by atoms with van der Waals surface area (Å²) in [6.07, 6.45) is -2.70. The van der Waals surface area contributed by atoms with Crippen LogP contribution < -0.4 is 11.1 Å². The summed E-state index contributed by atoms with van der Waals surface area (Å²) >= 11 is 5.75. The van der Waals surface area contributed by atoms with Gasteiger partial charge >= 0.3 is 6.18 Å². The van der Waals surface area contributed by atoms with Crippen LogP contribution in [0.5, 0.6) is 0 Å². The van der Waals surface area contributed by atoms with Crippen molar-refractivity contribution in [3.05, 3.63) is 28.8 Å². The molecule has 1 aromatic rings. The molecule has 0 spiro atoms. The average Bonchev–Trinajstić information content (AvgIpc) is 2.41. The van der Waals surface area contributed by atoms with E-state index in [-0.39, 0.29) is 17.7 Å². The van der Waals surface area contributed by atoms with Crippen molar-refractivity contribution in [2.75, 3.05) is 5.73 Å². The van der Waals surface area contributed by atoms with Crippen molar-refractivity contribution in [3.8, 4) is 0 Å². The second kappa shape index (κ2) is 6.13. The molecule has 0 saturated heterocycles. The fourth-order valence-electron chi connectivity index (χ4n) is 2.63. The van der Waals surface area contributed by atoms with Gasteiger partial charge in [-0.1, -0.05) is 24.4 Å². The molecule has 7 heteroatoms. The van der Waals surface area contributed by atoms with Crippen molar-refractivity contribution in [1.29, 1.82) is 0 Å². The Hall–Kier alpha value is -1.43. The fraction of sp³-hybridized carbons (Fsp3) is 0.500. The number of nitrogens with two attached hydrogens (primary N) is 1. The highest BCUT2D eigenvalue weighted by Gasteiger charge is 2.45. The number of rotatable bonds is 2. The van der Waals surface area contributed by atoms with Gasteiger partial charge in [0.1, 0.15) is 0 Å². The van der Waals surface area contributed by atoms with Crippen LogP contribution in [0.15, 0.2) is 18.2 Å². The molecule has 1 fully saturated rings. The second-order valence-corrected chi connectivity index (χ2v) is 5.66. The van der Waals surface area contributed by atoms with Gasteiger partial charge in [-0.05, 0) is 31.0 Å². The Balaban J connectivity index is 2.11. The van der Waals surface area contributed by atoms with Crippen LogP contribution in [0.1, 0.15) is 36.0 Å². The van der Waals surface area contributed by atoms with E-state index in [9.17, 15) is 18.0 Å². The van der Waals surface area contributed by atoms with Crippen LogP contribution in [0.2, 0.25) is 5.02 Å². The van der Waals surface area contributed by atoms with Crippen molar-refractivity contribution in [3.63, 3.8) is 0 Å². The van der Waals surface area contributed by atoms with Crippen molar-refractivity contribution < 1.29 is 18.0 Å². The summed E-state index contributed by atoms with van der Waals surface area (Å²) in [5.74, 6) is -2.04. The van der Waals surface area contributed by atoms with Gasteiger partial charge in [0.2, 0.25) is 0 Å². The summed E-state index contributed by atoms with van der Waals surface area (Å²) in [7, 11) is 0. The minimum absolute atomic E-state index is 0.0528. The van der Waals surface area contributed by atoms with Gasteiger partial charge in [0.25, 0.3) is 5.91 Å². The number of hydrogen-bond acceptors (Lipinski definition) is 2. The van der Waals surface area contributed by atoms with E-state index in [1.165, 1.54) is 18.2 Å². The highest BCUT2D eigenvalue weighted by Crippen LogP contribution is 2.37. The smallest absolute Gasteiger partial charge is 0.393 e. The number of anilines is 1. The Kier molecular flexibility index (Phi) is 4.66. The molecular weight excluding hydrogens is 305 g/mol. The summed E-state index contributed by atoms with van der Waals surface area (Å²) in [4.78, 5) is 12.1. The Bertz CT molecular complexity index is 533. The van der Waals surface area contributed by atoms with Gasteiger partial charge in [-0.2, -0.15) is 13.2 Å². The third-order valence-corrected chi connectivity index (χ3v) is 4.11. The number of nitrogens with one attached hydrogen (secondary N) is 1. The third kappa shape index (κ3) is 3.81. The Morgan fingerprint density at radius 1 is 1.29 bits per heavy atom. The summed E-state index contributed by atoms with van der Waals surface area (Å²) < 4.78 is 38.9. The first kappa shape index (κ1) is 15.9. The molecular formula is C14H16ClF3N2O. The standard InChI is InChI=1S/C14H16ClF3N2O/c15-10-6-5-8(7-11(10)19)13(21)20-12-4-2-1-3-9(12)14(16,17)18/h5-7,9,12H,1-4,19H2,(H,20,21). The number of amides is 1. The Morgan fingerprint density at radius 2 is 1.95 bits per heavy atom. The molecule has 2 rings (SSSR count). The molecule has 0 radical (unpaired) electrons. The number of benzene rings is 1. The average molecular weight is 321 g/mol. The van der Waals surface area contributed by atoms with Gasteiger partial charge in [-0.15, -0.1) is 0 Å². The lowest BCUT2D eigenvalue weighted by atomic mass is 9.84. The zero-order chi connectivity index (χ0) is 15.6. The van der Waals surface area contributed by atoms with Crippen LogP contribution in [-0.4, -0.2) is 18.1 Å². The fourth-order valence-corrected chi connectivity index (χ4v) is 2.75. The molecule has 0 bridgehead atoms. The van der Waals surface area contributed by atoms with Gasteiger partial charge < -0.3 is 11.1 Å². The van der Waals surface area contributed by atoms with Crippen LogP contribution in [0.25, 0.3) is 0 Å². The Morgan fingerprint density at radius 3 is 2.57 bits per heavy atom. The molecule has 1 saturated carbocycles. The van der Waals surface area contributed by atoms with Gasteiger partial charge in [0.05, 0.1) is 16.6 Å². The monoisotopic (exact) mass is 320 g/mol. The lowest BCUT2D eigenvalue weighted by Crippen LogP contribution is -2.47. The maximum absolute atomic E-state index is 13.0. The Labute approximate surface area is 125 Å². The van der Waals surface area contributed by atoms with E-state index in [0.29, 0.717) is 24.3 Å². The van der Waals surface area contributed by atoms with E-state index in [1.807, 2.05) is 0 Å². The predicted octanol–water partition coefficient (Wildman–Crippen LogP) is 3.77. The molecule has 1 aliphatic carbocycles. The van der Waals surface area contributed by atoms with Crippen molar-refractivity contribution in [2.24, 2.45) is 5.92 Å². The summed E-state index contributed by atoms with van der Waals surface area (Å²) in [6, 6.07) is 3.37. The van der Waals surface area contributed by atoms with Crippen molar-refractivity contribution >= 4 is 23.2 Å². The first-order valence-corrected chi connectivity index (χ1v) is 7.09. The highest BCUT2D eigenvalue weighted by molar-refractivity contribution is 6.33. The van der Waals surface area contributed by atoms with Gasteiger partial charge in [-0.3, -0.25) is 4.79 Å². The molecule has 21 heavy (non-hydrogen) atoms. The molecule has 116 valence electrons.